The van der Waals surface area contributed by atoms with Gasteiger partial charge in [-0.15, -0.1) is 11.8 Å². The molecule has 2 rings (SSSR count). The lowest BCUT2D eigenvalue weighted by Crippen LogP contribution is -2.37. The fraction of sp³-hybridized carbons (Fsp3) is 0.316. The van der Waals surface area contributed by atoms with Gasteiger partial charge in [0.1, 0.15) is 5.75 Å². The number of hydrogen-bond acceptors (Lipinski definition) is 3. The van der Waals surface area contributed by atoms with Crippen molar-refractivity contribution in [2.24, 2.45) is 0 Å². The highest BCUT2D eigenvalue weighted by Crippen LogP contribution is 2.20. The first-order valence-electron chi connectivity index (χ1n) is 7.76. The summed E-state index contributed by atoms with van der Waals surface area (Å²) in [5, 5.41) is 2.92. The highest BCUT2D eigenvalue weighted by atomic mass is 32.2. The molecule has 0 saturated carbocycles. The Morgan fingerprint density at radius 2 is 1.91 bits per heavy atom. The summed E-state index contributed by atoms with van der Waals surface area (Å²) in [6.45, 7) is 6.43. The summed E-state index contributed by atoms with van der Waals surface area (Å²) in [6.07, 6.45) is -0.502. The van der Waals surface area contributed by atoms with E-state index in [1.165, 1.54) is 10.5 Å². The standard InChI is InChI=1S/C19H23NO2S/c1-14-9-10-18(15(2)13-14)22-16(3)19(21)20-11-12-23-17-7-5-4-6-8-17/h4-10,13,16H,11-12H2,1-3H3,(H,20,21)/t16-/m1/s1. The van der Waals surface area contributed by atoms with Gasteiger partial charge in [0, 0.05) is 17.2 Å². The molecule has 0 aliphatic heterocycles. The molecule has 4 heteroatoms. The summed E-state index contributed by atoms with van der Waals surface area (Å²) >= 11 is 1.73. The van der Waals surface area contributed by atoms with Crippen molar-refractivity contribution in [1.29, 1.82) is 0 Å². The van der Waals surface area contributed by atoms with Crippen LogP contribution in [0.2, 0.25) is 0 Å². The Balaban J connectivity index is 1.74. The van der Waals surface area contributed by atoms with Crippen molar-refractivity contribution in [2.75, 3.05) is 12.3 Å². The van der Waals surface area contributed by atoms with Crippen LogP contribution in [0.3, 0.4) is 0 Å². The lowest BCUT2D eigenvalue weighted by atomic mass is 10.1. The Morgan fingerprint density at radius 1 is 1.17 bits per heavy atom. The van der Waals surface area contributed by atoms with Gasteiger partial charge >= 0.3 is 0 Å². The van der Waals surface area contributed by atoms with E-state index in [0.717, 1.165) is 17.1 Å². The van der Waals surface area contributed by atoms with Gasteiger partial charge in [-0.1, -0.05) is 35.9 Å². The van der Waals surface area contributed by atoms with E-state index in [9.17, 15) is 4.79 Å². The van der Waals surface area contributed by atoms with Crippen molar-refractivity contribution in [3.8, 4) is 5.75 Å². The normalized spacial score (nSPS) is 11.8. The fourth-order valence-electron chi connectivity index (χ4n) is 2.18. The van der Waals surface area contributed by atoms with Crippen molar-refractivity contribution in [1.82, 2.24) is 5.32 Å². The van der Waals surface area contributed by atoms with Crippen LogP contribution in [-0.4, -0.2) is 24.3 Å². The number of amides is 1. The van der Waals surface area contributed by atoms with E-state index < -0.39 is 6.10 Å². The fourth-order valence-corrected chi connectivity index (χ4v) is 2.97. The van der Waals surface area contributed by atoms with Gasteiger partial charge in [0.25, 0.3) is 5.91 Å². The first-order chi connectivity index (χ1) is 11.1. The van der Waals surface area contributed by atoms with Crippen LogP contribution in [0.1, 0.15) is 18.1 Å². The number of benzene rings is 2. The molecule has 3 nitrogen and oxygen atoms in total. The van der Waals surface area contributed by atoms with Crippen molar-refractivity contribution in [3.05, 3.63) is 59.7 Å². The first kappa shape index (κ1) is 17.4. The third-order valence-corrected chi connectivity index (χ3v) is 4.43. The molecule has 0 fully saturated rings. The average molecular weight is 329 g/mol. The number of nitrogens with one attached hydrogen (secondary N) is 1. The minimum atomic E-state index is -0.502. The van der Waals surface area contributed by atoms with Gasteiger partial charge in [-0.25, -0.2) is 0 Å². The number of carbonyl (C=O) groups excluding carboxylic acids is 1. The summed E-state index contributed by atoms with van der Waals surface area (Å²) in [6, 6.07) is 16.1. The topological polar surface area (TPSA) is 38.3 Å². The molecule has 0 unspecified atom stereocenters. The second kappa shape index (κ2) is 8.63. The molecule has 0 radical (unpaired) electrons. The number of thioether (sulfide) groups is 1. The van der Waals surface area contributed by atoms with Crippen LogP contribution in [-0.2, 0) is 4.79 Å². The molecule has 0 aliphatic rings. The molecular weight excluding hydrogens is 306 g/mol. The van der Waals surface area contributed by atoms with Crippen LogP contribution >= 0.6 is 11.8 Å². The van der Waals surface area contributed by atoms with E-state index in [1.807, 2.05) is 44.2 Å². The number of hydrogen-bond donors (Lipinski definition) is 1. The van der Waals surface area contributed by atoms with Gasteiger partial charge in [-0.05, 0) is 44.5 Å². The predicted molar refractivity (Wildman–Crippen MR) is 96.2 cm³/mol. The molecule has 0 aliphatic carbocycles. The van der Waals surface area contributed by atoms with Crippen molar-refractivity contribution >= 4 is 17.7 Å². The molecule has 0 spiro atoms. The van der Waals surface area contributed by atoms with Crippen LogP contribution in [0.25, 0.3) is 0 Å². The number of ether oxygens (including phenoxy) is 1. The second-order valence-corrected chi connectivity index (χ2v) is 6.65. The zero-order valence-corrected chi connectivity index (χ0v) is 14.7. The molecule has 2 aromatic rings. The SMILES string of the molecule is Cc1ccc(O[C@H](C)C(=O)NCCSc2ccccc2)c(C)c1. The average Bonchev–Trinajstić information content (AvgIpc) is 2.55. The summed E-state index contributed by atoms with van der Waals surface area (Å²) in [4.78, 5) is 13.3. The Kier molecular flexibility index (Phi) is 6.53. The zero-order valence-electron chi connectivity index (χ0n) is 13.8. The lowest BCUT2D eigenvalue weighted by Gasteiger charge is -2.16. The van der Waals surface area contributed by atoms with Crippen molar-refractivity contribution in [2.45, 2.75) is 31.8 Å². The molecule has 122 valence electrons. The van der Waals surface area contributed by atoms with E-state index in [2.05, 4.69) is 23.5 Å². The summed E-state index contributed by atoms with van der Waals surface area (Å²) in [7, 11) is 0. The largest absolute Gasteiger partial charge is 0.481 e. The summed E-state index contributed by atoms with van der Waals surface area (Å²) < 4.78 is 5.76. The molecule has 23 heavy (non-hydrogen) atoms. The van der Waals surface area contributed by atoms with Crippen LogP contribution in [0.5, 0.6) is 5.75 Å². The number of rotatable bonds is 7. The van der Waals surface area contributed by atoms with Crippen molar-refractivity contribution < 1.29 is 9.53 Å². The molecule has 0 aromatic heterocycles. The molecular formula is C19H23NO2S. The van der Waals surface area contributed by atoms with Gasteiger partial charge in [-0.3, -0.25) is 4.79 Å². The van der Waals surface area contributed by atoms with Crippen LogP contribution in [0.15, 0.2) is 53.4 Å². The highest BCUT2D eigenvalue weighted by molar-refractivity contribution is 7.99. The number of carbonyl (C=O) groups is 1. The molecule has 1 N–H and O–H groups in total. The van der Waals surface area contributed by atoms with Crippen molar-refractivity contribution in [3.63, 3.8) is 0 Å². The maximum absolute atomic E-state index is 12.1. The molecule has 0 bridgehead atoms. The first-order valence-corrected chi connectivity index (χ1v) is 8.74. The Labute approximate surface area is 142 Å². The van der Waals surface area contributed by atoms with Gasteiger partial charge in [0.15, 0.2) is 6.10 Å². The molecule has 1 atom stereocenters. The maximum Gasteiger partial charge on any atom is 0.260 e. The van der Waals surface area contributed by atoms with Gasteiger partial charge in [0.05, 0.1) is 0 Å². The summed E-state index contributed by atoms with van der Waals surface area (Å²) in [5.74, 6) is 1.52. The lowest BCUT2D eigenvalue weighted by molar-refractivity contribution is -0.127. The maximum atomic E-state index is 12.1. The Bertz CT molecular complexity index is 643. The predicted octanol–water partition coefficient (Wildman–Crippen LogP) is 3.98. The van der Waals surface area contributed by atoms with Crippen LogP contribution in [0, 0.1) is 13.8 Å². The minimum absolute atomic E-state index is 0.0846. The van der Waals surface area contributed by atoms with Crippen LogP contribution < -0.4 is 10.1 Å². The van der Waals surface area contributed by atoms with Gasteiger partial charge in [0.2, 0.25) is 0 Å². The minimum Gasteiger partial charge on any atom is -0.481 e. The highest BCUT2D eigenvalue weighted by Gasteiger charge is 2.15. The quantitative estimate of drug-likeness (QED) is 0.617. The smallest absolute Gasteiger partial charge is 0.260 e. The van der Waals surface area contributed by atoms with E-state index in [0.29, 0.717) is 6.54 Å². The van der Waals surface area contributed by atoms with E-state index >= 15 is 0 Å². The zero-order chi connectivity index (χ0) is 16.7. The van der Waals surface area contributed by atoms with Gasteiger partial charge < -0.3 is 10.1 Å². The number of aryl methyl sites for hydroxylation is 2. The molecule has 0 saturated heterocycles. The monoisotopic (exact) mass is 329 g/mol. The Morgan fingerprint density at radius 3 is 2.61 bits per heavy atom. The van der Waals surface area contributed by atoms with E-state index in [4.69, 9.17) is 4.74 Å². The molecule has 1 amide bonds. The molecule has 0 heterocycles. The third kappa shape index (κ3) is 5.64. The third-order valence-electron chi connectivity index (χ3n) is 3.42. The Hall–Kier alpha value is -1.94. The van der Waals surface area contributed by atoms with E-state index in [-0.39, 0.29) is 5.91 Å². The second-order valence-electron chi connectivity index (χ2n) is 5.48. The summed E-state index contributed by atoms with van der Waals surface area (Å²) in [5.41, 5.74) is 2.23. The van der Waals surface area contributed by atoms with Gasteiger partial charge in [-0.2, -0.15) is 0 Å². The van der Waals surface area contributed by atoms with Crippen LogP contribution in [0.4, 0.5) is 0 Å². The molecule has 2 aromatic carbocycles. The van der Waals surface area contributed by atoms with E-state index in [1.54, 1.807) is 18.7 Å².